The summed E-state index contributed by atoms with van der Waals surface area (Å²) in [7, 11) is -3.91. The molecule has 2 N–H and O–H groups in total. The molecule has 154 valence electrons. The van der Waals surface area contributed by atoms with Crippen LogP contribution in [-0.4, -0.2) is 39.4 Å². The molecule has 2 amide bonds. The van der Waals surface area contributed by atoms with Crippen molar-refractivity contribution >= 4 is 33.5 Å². The number of hydrazine groups is 1. The topological polar surface area (TPSA) is 122 Å². The molecule has 0 aliphatic carbocycles. The number of nitrogens with one attached hydrogen (secondary N) is 2. The molecule has 0 aromatic heterocycles. The van der Waals surface area contributed by atoms with Crippen LogP contribution in [0.4, 0.5) is 5.69 Å². The minimum absolute atomic E-state index is 0.0254. The van der Waals surface area contributed by atoms with Crippen molar-refractivity contribution in [3.05, 3.63) is 60.2 Å². The SMILES string of the molecule is CCN(c1ccccc1)S(=O)(=O)c1cccc(C(=O)OCC(=O)NNC(C)=O)c1. The summed E-state index contributed by atoms with van der Waals surface area (Å²) in [5.41, 5.74) is 4.58. The molecule has 0 heterocycles. The Morgan fingerprint density at radius 2 is 1.69 bits per heavy atom. The molecule has 29 heavy (non-hydrogen) atoms. The molecule has 2 rings (SSSR count). The van der Waals surface area contributed by atoms with Crippen molar-refractivity contribution in [2.24, 2.45) is 0 Å². The van der Waals surface area contributed by atoms with Crippen molar-refractivity contribution in [1.82, 2.24) is 10.9 Å². The van der Waals surface area contributed by atoms with Gasteiger partial charge in [-0.1, -0.05) is 24.3 Å². The first-order valence-electron chi connectivity index (χ1n) is 8.66. The van der Waals surface area contributed by atoms with E-state index >= 15 is 0 Å². The van der Waals surface area contributed by atoms with Crippen molar-refractivity contribution in [3.8, 4) is 0 Å². The van der Waals surface area contributed by atoms with Crippen molar-refractivity contribution in [3.63, 3.8) is 0 Å². The lowest BCUT2D eigenvalue weighted by atomic mass is 10.2. The zero-order chi connectivity index (χ0) is 21.4. The van der Waals surface area contributed by atoms with Gasteiger partial charge in [-0.25, -0.2) is 13.2 Å². The maximum atomic E-state index is 13.0. The summed E-state index contributed by atoms with van der Waals surface area (Å²) < 4.78 is 32.1. The molecule has 0 spiro atoms. The number of esters is 1. The molecule has 0 atom stereocenters. The molecule has 2 aromatic carbocycles. The van der Waals surface area contributed by atoms with E-state index in [-0.39, 0.29) is 17.0 Å². The van der Waals surface area contributed by atoms with Crippen molar-refractivity contribution < 1.29 is 27.5 Å². The van der Waals surface area contributed by atoms with Gasteiger partial charge in [-0.05, 0) is 37.3 Å². The maximum absolute atomic E-state index is 13.0. The molecular weight excluding hydrogens is 398 g/mol. The first-order chi connectivity index (χ1) is 13.8. The van der Waals surface area contributed by atoms with Crippen LogP contribution < -0.4 is 15.2 Å². The standard InChI is InChI=1S/C19H21N3O6S/c1-3-22(16-9-5-4-6-10-16)29(26,27)17-11-7-8-15(12-17)19(25)28-13-18(24)21-20-14(2)23/h4-12H,3,13H2,1-2H3,(H,20,23)(H,21,24). The Hall–Kier alpha value is -3.40. The second-order valence-electron chi connectivity index (χ2n) is 5.84. The molecule has 9 nitrogen and oxygen atoms in total. The molecule has 0 aliphatic heterocycles. The lowest BCUT2D eigenvalue weighted by Gasteiger charge is -2.23. The minimum atomic E-state index is -3.91. The highest BCUT2D eigenvalue weighted by molar-refractivity contribution is 7.92. The number of ether oxygens (including phenoxy) is 1. The van der Waals surface area contributed by atoms with Gasteiger partial charge in [0.1, 0.15) is 0 Å². The Morgan fingerprint density at radius 3 is 2.31 bits per heavy atom. The minimum Gasteiger partial charge on any atom is -0.452 e. The Morgan fingerprint density at radius 1 is 1.00 bits per heavy atom. The van der Waals surface area contributed by atoms with Gasteiger partial charge in [-0.2, -0.15) is 0 Å². The lowest BCUT2D eigenvalue weighted by Crippen LogP contribution is -2.42. The fourth-order valence-electron chi connectivity index (χ4n) is 2.40. The summed E-state index contributed by atoms with van der Waals surface area (Å²) in [4.78, 5) is 34.3. The number of anilines is 1. The van der Waals surface area contributed by atoms with Crippen LogP contribution in [0.2, 0.25) is 0 Å². The number of amides is 2. The van der Waals surface area contributed by atoms with E-state index in [1.54, 1.807) is 37.3 Å². The number of rotatable bonds is 7. The Bertz CT molecular complexity index is 992. The first-order valence-corrected chi connectivity index (χ1v) is 10.1. The fraction of sp³-hybridized carbons (Fsp3) is 0.211. The number of hydrogen-bond acceptors (Lipinski definition) is 6. The third kappa shape index (κ3) is 5.79. The number of carbonyl (C=O) groups is 3. The van der Waals surface area contributed by atoms with Crippen LogP contribution >= 0.6 is 0 Å². The van der Waals surface area contributed by atoms with Gasteiger partial charge < -0.3 is 4.74 Å². The van der Waals surface area contributed by atoms with E-state index in [1.807, 2.05) is 5.43 Å². The van der Waals surface area contributed by atoms with E-state index < -0.39 is 34.4 Å². The largest absolute Gasteiger partial charge is 0.452 e. The molecule has 0 bridgehead atoms. The number of nitrogens with zero attached hydrogens (tertiary/aromatic N) is 1. The van der Waals surface area contributed by atoms with Gasteiger partial charge in [0.15, 0.2) is 6.61 Å². The zero-order valence-corrected chi connectivity index (χ0v) is 16.7. The van der Waals surface area contributed by atoms with Gasteiger partial charge in [0.25, 0.3) is 15.9 Å². The van der Waals surface area contributed by atoms with Crippen LogP contribution in [0.1, 0.15) is 24.2 Å². The molecule has 0 saturated carbocycles. The number of para-hydroxylation sites is 1. The molecule has 2 aromatic rings. The van der Waals surface area contributed by atoms with Crippen molar-refractivity contribution in [2.45, 2.75) is 18.7 Å². The van der Waals surface area contributed by atoms with E-state index in [4.69, 9.17) is 4.74 Å². The van der Waals surface area contributed by atoms with Gasteiger partial charge in [0.05, 0.1) is 16.1 Å². The summed E-state index contributed by atoms with van der Waals surface area (Å²) in [6.45, 7) is 2.47. The Balaban J connectivity index is 2.16. The van der Waals surface area contributed by atoms with Gasteiger partial charge in [-0.3, -0.25) is 24.7 Å². The van der Waals surface area contributed by atoms with Gasteiger partial charge >= 0.3 is 5.97 Å². The summed E-state index contributed by atoms with van der Waals surface area (Å²) in [6, 6.07) is 13.9. The predicted molar refractivity (Wildman–Crippen MR) is 105 cm³/mol. The van der Waals surface area contributed by atoms with E-state index in [9.17, 15) is 22.8 Å². The van der Waals surface area contributed by atoms with Gasteiger partial charge in [0, 0.05) is 13.5 Å². The molecule has 0 aliphatic rings. The Kier molecular flexibility index (Phi) is 7.32. The number of hydrogen-bond donors (Lipinski definition) is 2. The number of sulfonamides is 1. The van der Waals surface area contributed by atoms with Gasteiger partial charge in [0.2, 0.25) is 5.91 Å². The van der Waals surface area contributed by atoms with Gasteiger partial charge in [-0.15, -0.1) is 0 Å². The summed E-state index contributed by atoms with van der Waals surface area (Å²) in [5.74, 6) is -2.09. The van der Waals surface area contributed by atoms with Crippen LogP contribution in [0.3, 0.4) is 0 Å². The van der Waals surface area contributed by atoms with Crippen LogP contribution in [0.15, 0.2) is 59.5 Å². The van der Waals surface area contributed by atoms with E-state index in [0.717, 1.165) is 0 Å². The summed E-state index contributed by atoms with van der Waals surface area (Å²) in [6.07, 6.45) is 0. The molecule has 10 heteroatoms. The smallest absolute Gasteiger partial charge is 0.338 e. The Labute approximate surface area is 168 Å². The second kappa shape index (κ2) is 9.69. The molecule has 0 fully saturated rings. The molecule has 0 radical (unpaired) electrons. The highest BCUT2D eigenvalue weighted by Gasteiger charge is 2.24. The molecule has 0 unspecified atom stereocenters. The van der Waals surface area contributed by atoms with E-state index in [0.29, 0.717) is 5.69 Å². The third-order valence-electron chi connectivity index (χ3n) is 3.70. The quantitative estimate of drug-likeness (QED) is 0.514. The second-order valence-corrected chi connectivity index (χ2v) is 7.70. The molecule has 0 saturated heterocycles. The highest BCUT2D eigenvalue weighted by atomic mass is 32.2. The van der Waals surface area contributed by atoms with Crippen LogP contribution in [-0.2, 0) is 24.3 Å². The summed E-state index contributed by atoms with van der Waals surface area (Å²) >= 11 is 0. The zero-order valence-electron chi connectivity index (χ0n) is 15.9. The number of carbonyl (C=O) groups excluding carboxylic acids is 3. The average Bonchev–Trinajstić information content (AvgIpc) is 2.71. The molecular formula is C19H21N3O6S. The monoisotopic (exact) mass is 419 g/mol. The normalized spacial score (nSPS) is 10.7. The van der Waals surface area contributed by atoms with Crippen molar-refractivity contribution in [2.75, 3.05) is 17.5 Å². The van der Waals surface area contributed by atoms with Crippen LogP contribution in [0.5, 0.6) is 0 Å². The van der Waals surface area contributed by atoms with Crippen LogP contribution in [0, 0.1) is 0 Å². The van der Waals surface area contributed by atoms with E-state index in [1.165, 1.54) is 35.5 Å². The van der Waals surface area contributed by atoms with Crippen molar-refractivity contribution in [1.29, 1.82) is 0 Å². The van der Waals surface area contributed by atoms with Crippen LogP contribution in [0.25, 0.3) is 0 Å². The van der Waals surface area contributed by atoms with E-state index in [2.05, 4.69) is 5.43 Å². The fourth-order valence-corrected chi connectivity index (χ4v) is 3.92. The summed E-state index contributed by atoms with van der Waals surface area (Å²) in [5, 5.41) is 0. The average molecular weight is 419 g/mol. The highest BCUT2D eigenvalue weighted by Crippen LogP contribution is 2.24. The first kappa shape index (κ1) is 21.9. The predicted octanol–water partition coefficient (Wildman–Crippen LogP) is 1.23. The third-order valence-corrected chi connectivity index (χ3v) is 5.60. The maximum Gasteiger partial charge on any atom is 0.338 e. The lowest BCUT2D eigenvalue weighted by molar-refractivity contribution is -0.129. The number of benzene rings is 2.